The number of amides is 1. The number of ether oxygens (including phenoxy) is 1. The number of thiophene rings is 1. The van der Waals surface area contributed by atoms with Gasteiger partial charge >= 0.3 is 5.97 Å². The third-order valence-electron chi connectivity index (χ3n) is 3.77. The predicted octanol–water partition coefficient (Wildman–Crippen LogP) is 2.75. The molecule has 2 N–H and O–H groups in total. The van der Waals surface area contributed by atoms with Crippen LogP contribution in [0.15, 0.2) is 23.0 Å². The van der Waals surface area contributed by atoms with Crippen molar-refractivity contribution in [1.29, 1.82) is 0 Å². The van der Waals surface area contributed by atoms with Crippen LogP contribution in [0.25, 0.3) is 0 Å². The quantitative estimate of drug-likeness (QED) is 0.504. The Morgan fingerprint density at radius 3 is 2.72 bits per heavy atom. The van der Waals surface area contributed by atoms with Gasteiger partial charge in [-0.3, -0.25) is 9.59 Å². The first-order valence-electron chi connectivity index (χ1n) is 8.93. The number of carbonyl (C=O) groups excluding carboxylic acids is 1. The van der Waals surface area contributed by atoms with Crippen molar-refractivity contribution in [3.63, 3.8) is 0 Å². The molecule has 1 atom stereocenters. The van der Waals surface area contributed by atoms with Gasteiger partial charge in [-0.15, -0.1) is 16.4 Å². The maximum atomic E-state index is 11.7. The molecular formula is C20H23N3O5S. The molecule has 1 amide bonds. The van der Waals surface area contributed by atoms with Crippen LogP contribution >= 0.6 is 11.3 Å². The SMILES string of the molecule is C[C@@H](CCOc1ccc(=O)[nH]n1)N(C=O)c1cc(C#CC(C)(C)C)sc1C(=O)O. The lowest BCUT2D eigenvalue weighted by Gasteiger charge is -2.24. The molecule has 2 heterocycles. The van der Waals surface area contributed by atoms with Crippen LogP contribution in [-0.4, -0.2) is 40.3 Å². The summed E-state index contributed by atoms with van der Waals surface area (Å²) in [5.41, 5.74) is -0.245. The van der Waals surface area contributed by atoms with E-state index in [1.807, 2.05) is 20.8 Å². The topological polar surface area (TPSA) is 113 Å². The summed E-state index contributed by atoms with van der Waals surface area (Å²) in [5, 5.41) is 15.6. The zero-order valence-corrected chi connectivity index (χ0v) is 17.5. The van der Waals surface area contributed by atoms with E-state index < -0.39 is 5.97 Å². The first-order chi connectivity index (χ1) is 13.6. The monoisotopic (exact) mass is 417 g/mol. The van der Waals surface area contributed by atoms with Gasteiger partial charge in [-0.25, -0.2) is 9.89 Å². The van der Waals surface area contributed by atoms with Crippen molar-refractivity contribution in [3.05, 3.63) is 38.3 Å². The summed E-state index contributed by atoms with van der Waals surface area (Å²) in [6.45, 7) is 7.91. The summed E-state index contributed by atoms with van der Waals surface area (Å²) >= 11 is 1.04. The summed E-state index contributed by atoms with van der Waals surface area (Å²) in [7, 11) is 0. The van der Waals surface area contributed by atoms with Crippen molar-refractivity contribution in [3.8, 4) is 17.7 Å². The second-order valence-corrected chi connectivity index (χ2v) is 8.44. The van der Waals surface area contributed by atoms with Crippen molar-refractivity contribution in [1.82, 2.24) is 10.2 Å². The number of rotatable bonds is 8. The molecule has 8 nitrogen and oxygen atoms in total. The van der Waals surface area contributed by atoms with Gasteiger partial charge < -0.3 is 14.7 Å². The fourth-order valence-corrected chi connectivity index (χ4v) is 3.17. The molecule has 0 fully saturated rings. The van der Waals surface area contributed by atoms with E-state index in [0.717, 1.165) is 11.3 Å². The number of carboxylic acid groups (broad SMARTS) is 1. The number of hydrogen-bond acceptors (Lipinski definition) is 6. The number of H-pyrrole nitrogens is 1. The van der Waals surface area contributed by atoms with Crippen molar-refractivity contribution in [2.24, 2.45) is 5.41 Å². The molecule has 0 saturated carbocycles. The van der Waals surface area contributed by atoms with Gasteiger partial charge in [-0.05, 0) is 33.8 Å². The van der Waals surface area contributed by atoms with Gasteiger partial charge in [0.2, 0.25) is 12.3 Å². The molecule has 0 saturated heterocycles. The fourth-order valence-electron chi connectivity index (χ4n) is 2.32. The number of aromatic carboxylic acids is 1. The first kappa shape index (κ1) is 22.2. The van der Waals surface area contributed by atoms with Crippen molar-refractivity contribution in [2.75, 3.05) is 11.5 Å². The summed E-state index contributed by atoms with van der Waals surface area (Å²) in [6, 6.07) is 4.05. The number of nitrogens with one attached hydrogen (secondary N) is 1. The maximum Gasteiger partial charge on any atom is 0.348 e. The Hall–Kier alpha value is -3.12. The van der Waals surface area contributed by atoms with Gasteiger partial charge in [0.05, 0.1) is 17.2 Å². The molecule has 0 aliphatic rings. The molecule has 2 rings (SSSR count). The van der Waals surface area contributed by atoms with Crippen LogP contribution in [0.5, 0.6) is 5.88 Å². The molecule has 29 heavy (non-hydrogen) atoms. The number of nitrogens with zero attached hydrogens (tertiary/aromatic N) is 2. The highest BCUT2D eigenvalue weighted by Crippen LogP contribution is 2.31. The van der Waals surface area contributed by atoms with E-state index >= 15 is 0 Å². The lowest BCUT2D eigenvalue weighted by molar-refractivity contribution is -0.107. The number of aromatic amines is 1. The molecule has 154 valence electrons. The molecule has 0 aromatic carbocycles. The highest BCUT2D eigenvalue weighted by atomic mass is 32.1. The van der Waals surface area contributed by atoms with E-state index in [9.17, 15) is 19.5 Å². The second kappa shape index (κ2) is 9.39. The van der Waals surface area contributed by atoms with Gasteiger partial charge in [0.25, 0.3) is 5.56 Å². The van der Waals surface area contributed by atoms with Crippen LogP contribution in [0.1, 0.15) is 48.7 Å². The molecule has 9 heteroatoms. The highest BCUT2D eigenvalue weighted by Gasteiger charge is 2.23. The van der Waals surface area contributed by atoms with Crippen LogP contribution in [0.4, 0.5) is 5.69 Å². The molecule has 0 aliphatic heterocycles. The summed E-state index contributed by atoms with van der Waals surface area (Å²) in [4.78, 5) is 36.4. The Bertz CT molecular complexity index is 974. The van der Waals surface area contributed by atoms with Crippen LogP contribution in [-0.2, 0) is 4.79 Å². The highest BCUT2D eigenvalue weighted by molar-refractivity contribution is 7.15. The molecule has 0 unspecified atom stereocenters. The van der Waals surface area contributed by atoms with Gasteiger partial charge in [-0.1, -0.05) is 11.8 Å². The van der Waals surface area contributed by atoms with E-state index in [1.54, 1.807) is 13.0 Å². The number of hydrogen-bond donors (Lipinski definition) is 2. The Morgan fingerprint density at radius 2 is 2.17 bits per heavy atom. The normalized spacial score (nSPS) is 11.9. The van der Waals surface area contributed by atoms with Crippen LogP contribution in [0, 0.1) is 17.3 Å². The average molecular weight is 417 g/mol. The molecule has 0 aliphatic carbocycles. The lowest BCUT2D eigenvalue weighted by atomic mass is 9.98. The van der Waals surface area contributed by atoms with Crippen LogP contribution in [0.2, 0.25) is 0 Å². The van der Waals surface area contributed by atoms with E-state index in [0.29, 0.717) is 23.4 Å². The van der Waals surface area contributed by atoms with E-state index in [1.165, 1.54) is 17.0 Å². The van der Waals surface area contributed by atoms with Crippen molar-refractivity contribution >= 4 is 29.4 Å². The number of carboxylic acids is 1. The zero-order chi connectivity index (χ0) is 21.6. The number of anilines is 1. The summed E-state index contributed by atoms with van der Waals surface area (Å²) in [6.07, 6.45) is 1.04. The lowest BCUT2D eigenvalue weighted by Crippen LogP contribution is -2.33. The minimum atomic E-state index is -1.11. The molecule has 0 radical (unpaired) electrons. The minimum Gasteiger partial charge on any atom is -0.477 e. The molecular weight excluding hydrogens is 394 g/mol. The van der Waals surface area contributed by atoms with Crippen LogP contribution < -0.4 is 15.2 Å². The third-order valence-corrected chi connectivity index (χ3v) is 4.80. The molecule has 2 aromatic rings. The van der Waals surface area contributed by atoms with Crippen molar-refractivity contribution < 1.29 is 19.4 Å². The minimum absolute atomic E-state index is 0.0605. The second-order valence-electron chi connectivity index (χ2n) is 7.39. The van der Waals surface area contributed by atoms with Crippen LogP contribution in [0.3, 0.4) is 0 Å². The maximum absolute atomic E-state index is 11.7. The Labute approximate surface area is 172 Å². The Morgan fingerprint density at radius 1 is 1.45 bits per heavy atom. The predicted molar refractivity (Wildman–Crippen MR) is 111 cm³/mol. The molecule has 2 aromatic heterocycles. The third kappa shape index (κ3) is 6.47. The van der Waals surface area contributed by atoms with Gasteiger partial charge in [0.1, 0.15) is 4.88 Å². The van der Waals surface area contributed by atoms with Gasteiger partial charge in [0.15, 0.2) is 0 Å². The number of carbonyl (C=O) groups is 2. The smallest absolute Gasteiger partial charge is 0.348 e. The number of aromatic nitrogens is 2. The van der Waals surface area contributed by atoms with E-state index in [-0.39, 0.29) is 34.4 Å². The molecule has 0 bridgehead atoms. The van der Waals surface area contributed by atoms with Gasteiger partial charge in [0, 0.05) is 30.0 Å². The van der Waals surface area contributed by atoms with Crippen molar-refractivity contribution in [2.45, 2.75) is 40.2 Å². The first-order valence-corrected chi connectivity index (χ1v) is 9.75. The average Bonchev–Trinajstić information content (AvgIpc) is 3.06. The fraction of sp³-hybridized carbons (Fsp3) is 0.400. The van der Waals surface area contributed by atoms with E-state index in [4.69, 9.17) is 4.74 Å². The Balaban J connectivity index is 2.15. The standard InChI is InChI=1S/C20H23N3O5S/c1-13(8-10-28-17-6-5-16(25)21-22-17)23(12-24)15-11-14(7-9-20(2,3)4)29-18(15)19(26)27/h5-6,11-13H,8,10H2,1-4H3,(H,21,25)(H,26,27)/t13-/m0/s1. The Kier molecular flexibility index (Phi) is 7.18. The zero-order valence-electron chi connectivity index (χ0n) is 16.7. The largest absolute Gasteiger partial charge is 0.477 e. The summed E-state index contributed by atoms with van der Waals surface area (Å²) in [5.74, 6) is 5.21. The van der Waals surface area contributed by atoms with Gasteiger partial charge in [-0.2, -0.15) is 0 Å². The molecule has 0 spiro atoms. The summed E-state index contributed by atoms with van der Waals surface area (Å²) < 4.78 is 5.46. The van der Waals surface area contributed by atoms with E-state index in [2.05, 4.69) is 22.0 Å².